The Labute approximate surface area is 197 Å². The number of nitrogens with zero attached hydrogens (tertiary/aromatic N) is 2. The lowest BCUT2D eigenvalue weighted by Gasteiger charge is -2.25. The van der Waals surface area contributed by atoms with E-state index in [1.54, 1.807) is 37.7 Å². The highest BCUT2D eigenvalue weighted by Gasteiger charge is 2.46. The number of likely N-dealkylation sites (tertiary alicyclic amines) is 1. The van der Waals surface area contributed by atoms with Crippen molar-refractivity contribution < 1.29 is 19.4 Å². The summed E-state index contributed by atoms with van der Waals surface area (Å²) >= 11 is 1.44. The van der Waals surface area contributed by atoms with Crippen LogP contribution in [-0.2, 0) is 21.5 Å². The van der Waals surface area contributed by atoms with Crippen LogP contribution in [-0.4, -0.2) is 33.8 Å². The number of ether oxygens (including phenoxy) is 1. The van der Waals surface area contributed by atoms with Gasteiger partial charge >= 0.3 is 0 Å². The number of benzene rings is 1. The molecule has 4 rings (SSSR count). The lowest BCUT2D eigenvalue weighted by molar-refractivity contribution is -0.140. The number of aliphatic hydroxyl groups excluding tert-OH is 1. The van der Waals surface area contributed by atoms with Crippen molar-refractivity contribution in [2.45, 2.75) is 38.8 Å². The number of aliphatic hydroxyl groups is 1. The molecule has 7 heteroatoms. The predicted molar refractivity (Wildman–Crippen MR) is 128 cm³/mol. The van der Waals surface area contributed by atoms with Crippen molar-refractivity contribution in [1.82, 2.24) is 9.88 Å². The second kappa shape index (κ2) is 8.83. The van der Waals surface area contributed by atoms with Crippen molar-refractivity contribution in [3.63, 3.8) is 0 Å². The standard InChI is InChI=1S/C26H26N2O4S/c1-26(2,3)18-13-17(9-10-19(18)32-4)23(29)21-22(20-8-6-12-33-20)28(25(31)24(21)30)15-16-7-5-11-27-14-16/h5-14,22,29H,15H2,1-4H3/b23-21-. The van der Waals surface area contributed by atoms with Gasteiger partial charge in [0.2, 0.25) is 0 Å². The molecule has 6 nitrogen and oxygen atoms in total. The summed E-state index contributed by atoms with van der Waals surface area (Å²) in [6.07, 6.45) is 3.33. The molecule has 0 aliphatic carbocycles. The van der Waals surface area contributed by atoms with Crippen LogP contribution in [0.1, 0.15) is 48.4 Å². The summed E-state index contributed by atoms with van der Waals surface area (Å²) in [7, 11) is 1.60. The van der Waals surface area contributed by atoms with E-state index in [2.05, 4.69) is 4.98 Å². The maximum Gasteiger partial charge on any atom is 0.295 e. The Bertz CT molecular complexity index is 1210. The molecule has 170 valence electrons. The van der Waals surface area contributed by atoms with Crippen LogP contribution in [0.5, 0.6) is 5.75 Å². The molecule has 1 amide bonds. The largest absolute Gasteiger partial charge is 0.507 e. The second-order valence-corrected chi connectivity index (χ2v) is 9.95. The summed E-state index contributed by atoms with van der Waals surface area (Å²) in [6.45, 7) is 6.36. The third-order valence-electron chi connectivity index (χ3n) is 5.71. The molecule has 0 saturated carbocycles. The van der Waals surface area contributed by atoms with Crippen LogP contribution in [0.15, 0.2) is 65.8 Å². The van der Waals surface area contributed by atoms with Gasteiger partial charge in [0.15, 0.2) is 0 Å². The minimum Gasteiger partial charge on any atom is -0.507 e. The van der Waals surface area contributed by atoms with Gasteiger partial charge in [-0.3, -0.25) is 14.6 Å². The number of hydrogen-bond donors (Lipinski definition) is 1. The van der Waals surface area contributed by atoms with Gasteiger partial charge in [0.25, 0.3) is 11.7 Å². The molecular weight excluding hydrogens is 436 g/mol. The number of methoxy groups -OCH3 is 1. The highest BCUT2D eigenvalue weighted by atomic mass is 32.1. The highest BCUT2D eigenvalue weighted by Crippen LogP contribution is 2.42. The molecule has 1 N–H and O–H groups in total. The smallest absolute Gasteiger partial charge is 0.295 e. The number of rotatable bonds is 5. The zero-order chi connectivity index (χ0) is 23.8. The van der Waals surface area contributed by atoms with Crippen molar-refractivity contribution in [3.05, 3.63) is 87.4 Å². The average molecular weight is 463 g/mol. The van der Waals surface area contributed by atoms with Gasteiger partial charge in [-0.15, -0.1) is 11.3 Å². The van der Waals surface area contributed by atoms with Crippen LogP contribution in [0.4, 0.5) is 0 Å². The van der Waals surface area contributed by atoms with E-state index in [0.29, 0.717) is 11.3 Å². The van der Waals surface area contributed by atoms with E-state index in [1.807, 2.05) is 50.4 Å². The van der Waals surface area contributed by atoms with E-state index >= 15 is 0 Å². The molecule has 3 aromatic rings. The van der Waals surface area contributed by atoms with Crippen LogP contribution >= 0.6 is 11.3 Å². The molecule has 0 bridgehead atoms. The minimum absolute atomic E-state index is 0.0939. The Morgan fingerprint density at radius 3 is 2.58 bits per heavy atom. The molecule has 1 fully saturated rings. The van der Waals surface area contributed by atoms with E-state index < -0.39 is 17.7 Å². The quantitative estimate of drug-likeness (QED) is 0.325. The van der Waals surface area contributed by atoms with Crippen LogP contribution in [0, 0.1) is 0 Å². The van der Waals surface area contributed by atoms with Gasteiger partial charge in [-0.25, -0.2) is 0 Å². The Morgan fingerprint density at radius 2 is 1.97 bits per heavy atom. The summed E-state index contributed by atoms with van der Waals surface area (Å²) in [4.78, 5) is 32.7. The first kappa shape index (κ1) is 22.7. The van der Waals surface area contributed by atoms with Gasteiger partial charge in [0.05, 0.1) is 18.7 Å². The first-order valence-electron chi connectivity index (χ1n) is 10.6. The molecule has 33 heavy (non-hydrogen) atoms. The van der Waals surface area contributed by atoms with Gasteiger partial charge in [0, 0.05) is 34.9 Å². The van der Waals surface area contributed by atoms with Crippen molar-refractivity contribution in [1.29, 1.82) is 0 Å². The number of hydrogen-bond acceptors (Lipinski definition) is 6. The molecule has 1 atom stereocenters. The molecule has 3 heterocycles. The number of thiophene rings is 1. The number of ketones is 1. The molecule has 1 saturated heterocycles. The molecule has 1 aromatic carbocycles. The Hall–Kier alpha value is -3.45. The molecule has 0 spiro atoms. The maximum atomic E-state index is 13.2. The fraction of sp³-hybridized carbons (Fsp3) is 0.269. The lowest BCUT2D eigenvalue weighted by Crippen LogP contribution is -2.28. The third-order valence-corrected chi connectivity index (χ3v) is 6.63. The predicted octanol–water partition coefficient (Wildman–Crippen LogP) is 5.07. The molecule has 1 unspecified atom stereocenters. The number of aromatic nitrogens is 1. The summed E-state index contributed by atoms with van der Waals surface area (Å²) in [5.41, 5.74) is 2.02. The summed E-state index contributed by atoms with van der Waals surface area (Å²) in [6, 6.07) is 12.0. The zero-order valence-corrected chi connectivity index (χ0v) is 19.8. The number of pyridine rings is 1. The van der Waals surface area contributed by atoms with Crippen molar-refractivity contribution in [2.24, 2.45) is 0 Å². The van der Waals surface area contributed by atoms with Crippen LogP contribution in [0.2, 0.25) is 0 Å². The molecule has 0 radical (unpaired) electrons. The minimum atomic E-state index is -0.692. The topological polar surface area (TPSA) is 79.7 Å². The van der Waals surface area contributed by atoms with E-state index in [1.165, 1.54) is 16.2 Å². The molecule has 2 aromatic heterocycles. The van der Waals surface area contributed by atoms with Crippen molar-refractivity contribution >= 4 is 28.8 Å². The van der Waals surface area contributed by atoms with Crippen molar-refractivity contribution in [3.8, 4) is 5.75 Å². The average Bonchev–Trinajstić information content (AvgIpc) is 3.41. The molecule has 1 aliphatic heterocycles. The Balaban J connectivity index is 1.86. The number of amides is 1. The third kappa shape index (κ3) is 4.28. The van der Waals surface area contributed by atoms with Crippen molar-refractivity contribution in [2.75, 3.05) is 7.11 Å². The fourth-order valence-electron chi connectivity index (χ4n) is 4.07. The van der Waals surface area contributed by atoms with E-state index in [-0.39, 0.29) is 23.3 Å². The van der Waals surface area contributed by atoms with E-state index in [0.717, 1.165) is 16.0 Å². The van der Waals surface area contributed by atoms with Crippen LogP contribution in [0.25, 0.3) is 5.76 Å². The van der Waals surface area contributed by atoms with Crippen LogP contribution < -0.4 is 4.74 Å². The second-order valence-electron chi connectivity index (χ2n) is 8.97. The summed E-state index contributed by atoms with van der Waals surface area (Å²) in [5, 5.41) is 13.2. The maximum absolute atomic E-state index is 13.2. The lowest BCUT2D eigenvalue weighted by atomic mass is 9.84. The van der Waals surface area contributed by atoms with Gasteiger partial charge in [-0.05, 0) is 46.7 Å². The summed E-state index contributed by atoms with van der Waals surface area (Å²) < 4.78 is 5.50. The van der Waals surface area contributed by atoms with Gasteiger partial charge in [0.1, 0.15) is 11.5 Å². The fourth-order valence-corrected chi connectivity index (χ4v) is 4.92. The number of carbonyl (C=O) groups is 2. The van der Waals surface area contributed by atoms with Gasteiger partial charge in [-0.1, -0.05) is 32.9 Å². The monoisotopic (exact) mass is 462 g/mol. The number of carbonyl (C=O) groups excluding carboxylic acids is 2. The van der Waals surface area contributed by atoms with Crippen LogP contribution in [0.3, 0.4) is 0 Å². The first-order chi connectivity index (χ1) is 15.7. The SMILES string of the molecule is COc1ccc(/C(O)=C2/C(=O)C(=O)N(Cc3cccnc3)C2c2cccs2)cc1C(C)(C)C. The Kier molecular flexibility index (Phi) is 6.08. The normalized spacial score (nSPS) is 18.1. The molecular formula is C26H26N2O4S. The van der Waals surface area contributed by atoms with Gasteiger partial charge in [-0.2, -0.15) is 0 Å². The molecule has 1 aliphatic rings. The first-order valence-corrected chi connectivity index (χ1v) is 11.5. The van der Waals surface area contributed by atoms with Gasteiger partial charge < -0.3 is 14.7 Å². The summed E-state index contributed by atoms with van der Waals surface area (Å²) in [5.74, 6) is -0.814. The van der Waals surface area contributed by atoms with E-state index in [9.17, 15) is 14.7 Å². The highest BCUT2D eigenvalue weighted by molar-refractivity contribution is 7.10. The zero-order valence-electron chi connectivity index (χ0n) is 19.0. The van der Waals surface area contributed by atoms with E-state index in [4.69, 9.17) is 4.74 Å². The number of Topliss-reactive ketones (excluding diaryl/α,β-unsaturated/α-hetero) is 1. The Morgan fingerprint density at radius 1 is 1.18 bits per heavy atom.